The summed E-state index contributed by atoms with van der Waals surface area (Å²) in [4.78, 5) is 0. The minimum absolute atomic E-state index is 0.642. The lowest BCUT2D eigenvalue weighted by molar-refractivity contribution is -0.662. The Balaban J connectivity index is 0.000000443. The van der Waals surface area contributed by atoms with E-state index in [9.17, 15) is 0 Å². The van der Waals surface area contributed by atoms with Crippen LogP contribution in [0.25, 0.3) is 0 Å². The Labute approximate surface area is 129 Å². The third-order valence-electron chi connectivity index (χ3n) is 2.81. The maximum absolute atomic E-state index is 5.33. The molecular formula is C13H30NO2PS2. The Kier molecular flexibility index (Phi) is 14.5. The summed E-state index contributed by atoms with van der Waals surface area (Å²) in [5.74, 6) is 0. The molecule has 0 bridgehead atoms. The van der Waals surface area contributed by atoms with Crippen molar-refractivity contribution in [2.75, 3.05) is 26.3 Å². The van der Waals surface area contributed by atoms with Gasteiger partial charge in [-0.2, -0.15) is 0 Å². The molecule has 1 fully saturated rings. The largest absolute Gasteiger partial charge is 0.691 e. The second kappa shape index (κ2) is 13.8. The van der Waals surface area contributed by atoms with E-state index < -0.39 is 5.69 Å². The minimum Gasteiger partial charge on any atom is -0.691 e. The van der Waals surface area contributed by atoms with Crippen LogP contribution in [0.4, 0.5) is 0 Å². The monoisotopic (exact) mass is 327 g/mol. The molecule has 1 heterocycles. The van der Waals surface area contributed by atoms with Gasteiger partial charge in [-0.05, 0) is 32.1 Å². The summed E-state index contributed by atoms with van der Waals surface area (Å²) in [6, 6.07) is 0. The van der Waals surface area contributed by atoms with Crippen molar-refractivity contribution in [2.24, 2.45) is 0 Å². The Bertz CT molecular complexity index is 213. The van der Waals surface area contributed by atoms with E-state index in [-0.39, 0.29) is 0 Å². The first kappa shape index (κ1) is 19.9. The van der Waals surface area contributed by atoms with Gasteiger partial charge < -0.3 is 26.6 Å². The van der Waals surface area contributed by atoms with E-state index in [4.69, 9.17) is 33.1 Å². The second-order valence-corrected chi connectivity index (χ2v) is 9.74. The molecule has 0 amide bonds. The van der Waals surface area contributed by atoms with E-state index in [0.717, 1.165) is 25.7 Å². The number of piperidine rings is 1. The normalized spacial score (nSPS) is 15.7. The van der Waals surface area contributed by atoms with Crippen LogP contribution in [0.2, 0.25) is 0 Å². The maximum Gasteiger partial charge on any atom is 0.0755 e. The second-order valence-electron chi connectivity index (χ2n) is 4.75. The molecular weight excluding hydrogens is 297 g/mol. The molecule has 0 unspecified atom stereocenters. The molecule has 0 aliphatic carbocycles. The van der Waals surface area contributed by atoms with E-state index in [1.807, 2.05) is 0 Å². The fourth-order valence-electron chi connectivity index (χ4n) is 1.58. The number of hydrogen-bond acceptors (Lipinski definition) is 4. The van der Waals surface area contributed by atoms with Gasteiger partial charge in [-0.1, -0.05) is 38.5 Å². The zero-order valence-corrected chi connectivity index (χ0v) is 15.0. The highest BCUT2D eigenvalue weighted by Gasteiger charge is 2.00. The average Bonchev–Trinajstić information content (AvgIpc) is 2.42. The van der Waals surface area contributed by atoms with Gasteiger partial charge in [-0.3, -0.25) is 0 Å². The molecule has 6 heteroatoms. The highest BCUT2D eigenvalue weighted by molar-refractivity contribution is 8.51. The summed E-state index contributed by atoms with van der Waals surface area (Å²) in [6.45, 7) is 8.25. The van der Waals surface area contributed by atoms with Gasteiger partial charge in [0.15, 0.2) is 0 Å². The van der Waals surface area contributed by atoms with E-state index in [1.54, 1.807) is 0 Å². The van der Waals surface area contributed by atoms with E-state index in [1.165, 1.54) is 32.4 Å². The van der Waals surface area contributed by atoms with Gasteiger partial charge in [-0.25, -0.2) is 0 Å². The number of unbranched alkanes of at least 4 members (excludes halogenated alkanes) is 2. The number of rotatable bonds is 8. The predicted molar refractivity (Wildman–Crippen MR) is 88.9 cm³/mol. The third-order valence-corrected chi connectivity index (χ3v) is 5.07. The van der Waals surface area contributed by atoms with Gasteiger partial charge >= 0.3 is 0 Å². The molecule has 1 rings (SSSR count). The molecule has 19 heavy (non-hydrogen) atoms. The minimum atomic E-state index is -2.34. The molecule has 3 nitrogen and oxygen atoms in total. The third kappa shape index (κ3) is 15.1. The molecule has 2 N–H and O–H groups in total. The average molecular weight is 327 g/mol. The molecule has 1 aliphatic heterocycles. The molecule has 1 saturated heterocycles. The van der Waals surface area contributed by atoms with Crippen molar-refractivity contribution in [2.45, 2.75) is 58.8 Å². The lowest BCUT2D eigenvalue weighted by Gasteiger charge is -2.28. The Hall–Kier alpha value is 0.880. The highest BCUT2D eigenvalue weighted by Crippen LogP contribution is 2.46. The molecule has 0 spiro atoms. The molecule has 0 aromatic carbocycles. The highest BCUT2D eigenvalue weighted by atomic mass is 32.9. The van der Waals surface area contributed by atoms with Crippen LogP contribution in [0.3, 0.4) is 0 Å². The first-order chi connectivity index (χ1) is 9.12. The van der Waals surface area contributed by atoms with Gasteiger partial charge in [0.25, 0.3) is 0 Å². The van der Waals surface area contributed by atoms with Crippen LogP contribution in [0.5, 0.6) is 0 Å². The van der Waals surface area contributed by atoms with Gasteiger partial charge in [0.1, 0.15) is 0 Å². The van der Waals surface area contributed by atoms with Crippen LogP contribution in [-0.2, 0) is 33.1 Å². The zero-order valence-electron chi connectivity index (χ0n) is 12.4. The van der Waals surface area contributed by atoms with Gasteiger partial charge in [0, 0.05) is 0 Å². The summed E-state index contributed by atoms with van der Waals surface area (Å²) in [5.41, 5.74) is -2.34. The lowest BCUT2D eigenvalue weighted by atomic mass is 10.2. The standard InChI is InChI=1S/C8H19O2PS2.C5H11N/c1-3-5-7-9-11(12,13)10-8-6-4-2;1-2-4-6-5-3-1/h3-8H2,1-2H3,(H,12,13);6H,1-5H2. The molecule has 116 valence electrons. The fourth-order valence-corrected chi connectivity index (χ4v) is 3.25. The van der Waals surface area contributed by atoms with Gasteiger partial charge in [-0.15, -0.1) is 0 Å². The van der Waals surface area contributed by atoms with Gasteiger partial charge in [0.2, 0.25) is 0 Å². The van der Waals surface area contributed by atoms with E-state index in [2.05, 4.69) is 19.2 Å². The van der Waals surface area contributed by atoms with Crippen molar-refractivity contribution < 1.29 is 14.4 Å². The predicted octanol–water partition coefficient (Wildman–Crippen LogP) is 3.12. The van der Waals surface area contributed by atoms with E-state index >= 15 is 0 Å². The number of hydrogen-bond donors (Lipinski definition) is 1. The molecule has 0 atom stereocenters. The Morgan fingerprint density at radius 3 is 1.74 bits per heavy atom. The summed E-state index contributed by atoms with van der Waals surface area (Å²) in [7, 11) is 0. The molecule has 0 aromatic heterocycles. The topological polar surface area (TPSA) is 35.1 Å². The van der Waals surface area contributed by atoms with Crippen LogP contribution in [0.1, 0.15) is 58.8 Å². The first-order valence-corrected chi connectivity index (χ1v) is 11.2. The van der Waals surface area contributed by atoms with Crippen molar-refractivity contribution in [3.8, 4) is 0 Å². The summed E-state index contributed by atoms with van der Waals surface area (Å²) >= 11 is 10.1. The summed E-state index contributed by atoms with van der Waals surface area (Å²) in [6.07, 6.45) is 8.56. The zero-order chi connectivity index (χ0) is 14.4. The van der Waals surface area contributed by atoms with Crippen molar-refractivity contribution in [3.63, 3.8) is 0 Å². The van der Waals surface area contributed by atoms with Crippen molar-refractivity contribution in [3.05, 3.63) is 0 Å². The molecule has 0 aromatic rings. The SMILES string of the molecule is C1CC[NH2+]CC1.CCCCOP(=S)([S-])OCCCC. The van der Waals surface area contributed by atoms with Crippen LogP contribution >= 0.6 is 5.69 Å². The van der Waals surface area contributed by atoms with Crippen LogP contribution in [0.15, 0.2) is 0 Å². The summed E-state index contributed by atoms with van der Waals surface area (Å²) in [5, 5.41) is 2.39. The number of quaternary nitrogens is 1. The molecule has 0 saturated carbocycles. The Morgan fingerprint density at radius 1 is 1.00 bits per heavy atom. The molecule has 1 aliphatic rings. The molecule has 0 radical (unpaired) electrons. The summed E-state index contributed by atoms with van der Waals surface area (Å²) < 4.78 is 10.7. The Morgan fingerprint density at radius 2 is 1.47 bits per heavy atom. The van der Waals surface area contributed by atoms with Crippen LogP contribution < -0.4 is 5.32 Å². The van der Waals surface area contributed by atoms with Crippen molar-refractivity contribution >= 4 is 29.7 Å². The smallest absolute Gasteiger partial charge is 0.0755 e. The number of nitrogens with two attached hydrogens (primary N) is 1. The van der Waals surface area contributed by atoms with E-state index in [0.29, 0.717) is 13.2 Å². The quantitative estimate of drug-likeness (QED) is 0.422. The maximum atomic E-state index is 5.33. The van der Waals surface area contributed by atoms with Crippen molar-refractivity contribution in [1.82, 2.24) is 0 Å². The fraction of sp³-hybridized carbons (Fsp3) is 1.00. The van der Waals surface area contributed by atoms with Crippen molar-refractivity contribution in [1.29, 1.82) is 0 Å². The van der Waals surface area contributed by atoms with Crippen LogP contribution in [0, 0.1) is 0 Å². The lowest BCUT2D eigenvalue weighted by Crippen LogP contribution is -2.85. The van der Waals surface area contributed by atoms with Crippen LogP contribution in [-0.4, -0.2) is 26.3 Å². The first-order valence-electron chi connectivity index (χ1n) is 7.54. The van der Waals surface area contributed by atoms with Gasteiger partial charge in [0.05, 0.1) is 32.0 Å².